The number of rotatable bonds is 14. The lowest BCUT2D eigenvalue weighted by Gasteiger charge is -2.20. The zero-order chi connectivity index (χ0) is 36.9. The van der Waals surface area contributed by atoms with Crippen molar-refractivity contribution in [2.75, 3.05) is 27.8 Å². The Labute approximate surface area is 287 Å². The van der Waals surface area contributed by atoms with Crippen LogP contribution in [0.1, 0.15) is 80.4 Å². The molecule has 1 unspecified atom stereocenters. The van der Waals surface area contributed by atoms with E-state index >= 15 is 0 Å². The third-order valence-corrected chi connectivity index (χ3v) is 7.66. The van der Waals surface area contributed by atoms with Crippen molar-refractivity contribution in [1.82, 2.24) is 0 Å². The van der Waals surface area contributed by atoms with Gasteiger partial charge in [0.15, 0.2) is 5.78 Å². The van der Waals surface area contributed by atoms with Gasteiger partial charge in [0, 0.05) is 25.3 Å². The highest BCUT2D eigenvalue weighted by molar-refractivity contribution is 6.11. The van der Waals surface area contributed by atoms with Gasteiger partial charge in [0.25, 0.3) is 0 Å². The summed E-state index contributed by atoms with van der Waals surface area (Å²) in [6, 6.07) is 20.4. The van der Waals surface area contributed by atoms with Crippen LogP contribution in [0.2, 0.25) is 0 Å². The molecule has 0 spiro atoms. The van der Waals surface area contributed by atoms with Crippen molar-refractivity contribution < 1.29 is 55.2 Å². The number of methoxy groups -OCH3 is 2. The Morgan fingerprint density at radius 1 is 0.640 bits per heavy atom. The molecule has 12 heteroatoms. The molecule has 4 aromatic carbocycles. The van der Waals surface area contributed by atoms with Gasteiger partial charge in [0.1, 0.15) is 19.7 Å². The van der Waals surface area contributed by atoms with Crippen molar-refractivity contribution in [3.8, 4) is 0 Å². The van der Waals surface area contributed by atoms with Gasteiger partial charge in [0.05, 0.1) is 24.3 Å². The van der Waals surface area contributed by atoms with Gasteiger partial charge in [-0.25, -0.2) is 0 Å². The SMILES string of the molecule is CCc1ccc(COCOC)cc1C(=O)c1ccccc1C(F)(F)F.CCc1ccc(COCOC)cc1C(O)c1ccccc1C(F)(F)F. The molecule has 0 aliphatic carbocycles. The topological polar surface area (TPSA) is 74.2 Å². The molecule has 0 saturated heterocycles. The number of benzene rings is 4. The molecular weight excluding hydrogens is 666 g/mol. The van der Waals surface area contributed by atoms with Gasteiger partial charge in [-0.3, -0.25) is 4.79 Å². The van der Waals surface area contributed by atoms with E-state index in [4.69, 9.17) is 18.9 Å². The van der Waals surface area contributed by atoms with Crippen LogP contribution in [0.15, 0.2) is 84.9 Å². The maximum absolute atomic E-state index is 13.2. The van der Waals surface area contributed by atoms with Gasteiger partial charge in [-0.2, -0.15) is 26.3 Å². The third-order valence-electron chi connectivity index (χ3n) is 7.66. The second kappa shape index (κ2) is 18.8. The molecule has 0 heterocycles. The van der Waals surface area contributed by atoms with E-state index in [1.54, 1.807) is 30.3 Å². The Hall–Kier alpha value is -4.07. The number of hydrogen-bond acceptors (Lipinski definition) is 6. The fourth-order valence-corrected chi connectivity index (χ4v) is 5.26. The summed E-state index contributed by atoms with van der Waals surface area (Å²) in [5.74, 6) is -0.640. The first kappa shape index (κ1) is 40.4. The molecule has 0 bridgehead atoms. The van der Waals surface area contributed by atoms with Gasteiger partial charge in [-0.15, -0.1) is 0 Å². The summed E-state index contributed by atoms with van der Waals surface area (Å²) in [6.07, 6.45) is -9.34. The quantitative estimate of drug-likeness (QED) is 0.0611. The fraction of sp³-hybridized carbons (Fsp3) is 0.342. The fourth-order valence-electron chi connectivity index (χ4n) is 5.26. The minimum Gasteiger partial charge on any atom is -0.384 e. The number of ether oxygens (including phenoxy) is 4. The van der Waals surface area contributed by atoms with E-state index in [9.17, 15) is 36.2 Å². The smallest absolute Gasteiger partial charge is 0.384 e. The zero-order valence-electron chi connectivity index (χ0n) is 28.2. The van der Waals surface area contributed by atoms with Crippen LogP contribution in [-0.4, -0.2) is 38.7 Å². The van der Waals surface area contributed by atoms with Crippen LogP contribution in [0.5, 0.6) is 0 Å². The first-order valence-electron chi connectivity index (χ1n) is 15.7. The van der Waals surface area contributed by atoms with Crippen LogP contribution < -0.4 is 0 Å². The van der Waals surface area contributed by atoms with E-state index < -0.39 is 35.4 Å². The van der Waals surface area contributed by atoms with Crippen molar-refractivity contribution in [3.63, 3.8) is 0 Å². The van der Waals surface area contributed by atoms with Crippen molar-refractivity contribution >= 4 is 5.78 Å². The number of aliphatic hydroxyl groups is 1. The molecule has 0 aliphatic heterocycles. The van der Waals surface area contributed by atoms with E-state index in [0.29, 0.717) is 29.5 Å². The minimum atomic E-state index is -4.59. The number of halogens is 6. The molecule has 50 heavy (non-hydrogen) atoms. The summed E-state index contributed by atoms with van der Waals surface area (Å²) < 4.78 is 99.5. The number of hydrogen-bond donors (Lipinski definition) is 1. The van der Waals surface area contributed by atoms with E-state index in [2.05, 4.69) is 0 Å². The highest BCUT2D eigenvalue weighted by atomic mass is 19.4. The number of aryl methyl sites for hydroxylation is 2. The third kappa shape index (κ3) is 11.0. The largest absolute Gasteiger partial charge is 0.417 e. The van der Waals surface area contributed by atoms with Crippen LogP contribution in [0.25, 0.3) is 0 Å². The summed E-state index contributed by atoms with van der Waals surface area (Å²) in [6.45, 7) is 4.41. The molecule has 1 atom stereocenters. The lowest BCUT2D eigenvalue weighted by atomic mass is 9.91. The summed E-state index contributed by atoms with van der Waals surface area (Å²) in [4.78, 5) is 12.8. The van der Waals surface area contributed by atoms with E-state index in [1.807, 2.05) is 19.9 Å². The van der Waals surface area contributed by atoms with E-state index in [1.165, 1.54) is 50.6 Å². The van der Waals surface area contributed by atoms with E-state index in [0.717, 1.165) is 23.3 Å². The molecule has 0 radical (unpaired) electrons. The van der Waals surface area contributed by atoms with Crippen molar-refractivity contribution in [1.29, 1.82) is 0 Å². The van der Waals surface area contributed by atoms with Crippen LogP contribution in [0.3, 0.4) is 0 Å². The zero-order valence-corrected chi connectivity index (χ0v) is 28.2. The maximum atomic E-state index is 13.2. The Balaban J connectivity index is 0.000000270. The van der Waals surface area contributed by atoms with Gasteiger partial charge in [-0.05, 0) is 64.4 Å². The first-order chi connectivity index (χ1) is 23.8. The lowest BCUT2D eigenvalue weighted by Crippen LogP contribution is -2.15. The Morgan fingerprint density at radius 2 is 1.14 bits per heavy atom. The van der Waals surface area contributed by atoms with E-state index in [-0.39, 0.29) is 43.5 Å². The van der Waals surface area contributed by atoms with Gasteiger partial charge in [0.2, 0.25) is 0 Å². The number of aliphatic hydroxyl groups excluding tert-OH is 1. The van der Waals surface area contributed by atoms with Crippen molar-refractivity contribution in [2.45, 2.75) is 58.4 Å². The predicted octanol–water partition coefficient (Wildman–Crippen LogP) is 9.09. The summed E-state index contributed by atoms with van der Waals surface area (Å²) in [7, 11) is 2.99. The minimum absolute atomic E-state index is 0.0930. The Bertz CT molecular complexity index is 1690. The highest BCUT2D eigenvalue weighted by Gasteiger charge is 2.36. The molecule has 0 fully saturated rings. The summed E-state index contributed by atoms with van der Waals surface area (Å²) in [5.41, 5.74) is 1.40. The average molecular weight is 707 g/mol. The summed E-state index contributed by atoms with van der Waals surface area (Å²) in [5, 5.41) is 10.7. The second-order valence-corrected chi connectivity index (χ2v) is 11.1. The molecule has 0 amide bonds. The van der Waals surface area contributed by atoms with Gasteiger partial charge >= 0.3 is 12.4 Å². The van der Waals surface area contributed by atoms with Crippen molar-refractivity contribution in [3.05, 3.63) is 141 Å². The molecule has 270 valence electrons. The maximum Gasteiger partial charge on any atom is 0.417 e. The van der Waals surface area contributed by atoms with Crippen LogP contribution >= 0.6 is 0 Å². The molecule has 1 N–H and O–H groups in total. The number of alkyl halides is 6. The number of carbonyl (C=O) groups excluding carboxylic acids is 1. The Morgan fingerprint density at radius 3 is 1.68 bits per heavy atom. The van der Waals surface area contributed by atoms with Crippen molar-refractivity contribution in [2.24, 2.45) is 0 Å². The molecule has 6 nitrogen and oxygen atoms in total. The van der Waals surface area contributed by atoms with Crippen LogP contribution in [-0.2, 0) is 57.4 Å². The summed E-state index contributed by atoms with van der Waals surface area (Å²) >= 11 is 0. The number of ketones is 1. The second-order valence-electron chi connectivity index (χ2n) is 11.1. The molecule has 0 saturated carbocycles. The highest BCUT2D eigenvalue weighted by Crippen LogP contribution is 2.38. The monoisotopic (exact) mass is 706 g/mol. The lowest BCUT2D eigenvalue weighted by molar-refractivity contribution is -0.139. The van der Waals surface area contributed by atoms with Gasteiger partial charge in [-0.1, -0.05) is 80.6 Å². The average Bonchev–Trinajstić information content (AvgIpc) is 3.10. The molecular formula is C38H40F6O6. The van der Waals surface area contributed by atoms with Crippen LogP contribution in [0, 0.1) is 0 Å². The molecule has 4 rings (SSSR count). The first-order valence-corrected chi connectivity index (χ1v) is 15.7. The van der Waals surface area contributed by atoms with Crippen LogP contribution in [0.4, 0.5) is 26.3 Å². The molecule has 0 aliphatic rings. The number of carbonyl (C=O) groups is 1. The normalized spacial score (nSPS) is 12.3. The standard InChI is InChI=1S/C19H21F3O3.C19H19F3O3/c2*1-3-14-9-8-13(11-25-12-24-2)10-16(14)18(23)15-6-4-5-7-17(15)19(20,21)22/h4-10,18,23H,3,11-12H2,1-2H3;4-10H,3,11-12H2,1-2H3. The molecule has 0 aromatic heterocycles. The van der Waals surface area contributed by atoms with Gasteiger partial charge < -0.3 is 24.1 Å². The molecule has 4 aromatic rings. The Kier molecular flexibility index (Phi) is 15.2. The predicted molar refractivity (Wildman–Crippen MR) is 175 cm³/mol.